The monoisotopic (exact) mass is 478 g/mol. The molecule has 4 aromatic rings. The fraction of sp³-hybridized carbons (Fsp3) is 0.333. The van der Waals surface area contributed by atoms with Crippen molar-refractivity contribution in [3.8, 4) is 11.5 Å². The third-order valence-corrected chi connectivity index (χ3v) is 6.57. The van der Waals surface area contributed by atoms with Crippen molar-refractivity contribution in [2.75, 3.05) is 19.9 Å². The summed E-state index contributed by atoms with van der Waals surface area (Å²) in [6.45, 7) is 1.61. The molecule has 6 rings (SSSR count). The van der Waals surface area contributed by atoms with Crippen molar-refractivity contribution in [3.63, 3.8) is 0 Å². The van der Waals surface area contributed by atoms with Gasteiger partial charge in [0.15, 0.2) is 17.3 Å². The van der Waals surface area contributed by atoms with Crippen LogP contribution in [0.2, 0.25) is 0 Å². The number of aromatic amines is 1. The Morgan fingerprint density at radius 3 is 2.63 bits per heavy atom. The van der Waals surface area contributed by atoms with Crippen LogP contribution in [-0.2, 0) is 6.54 Å². The molecular formula is C24H23FN6O4. The van der Waals surface area contributed by atoms with Crippen LogP contribution in [0, 0.1) is 5.82 Å². The summed E-state index contributed by atoms with van der Waals surface area (Å²) in [4.78, 5) is 18.4. The Bertz CT molecular complexity index is 1430. The van der Waals surface area contributed by atoms with Crippen LogP contribution in [0.4, 0.5) is 4.39 Å². The number of rotatable bonds is 5. The van der Waals surface area contributed by atoms with Gasteiger partial charge in [0.1, 0.15) is 11.9 Å². The molecule has 0 amide bonds. The Balaban J connectivity index is 1.45. The molecule has 11 heteroatoms. The number of ether oxygens (including phenoxy) is 2. The summed E-state index contributed by atoms with van der Waals surface area (Å²) in [5.41, 5.74) is 1.70. The molecule has 1 atom stereocenters. The molecule has 0 radical (unpaired) electrons. The molecule has 2 aromatic heterocycles. The van der Waals surface area contributed by atoms with Crippen LogP contribution < -0.4 is 15.0 Å². The summed E-state index contributed by atoms with van der Waals surface area (Å²) in [6, 6.07) is 11.0. The first-order chi connectivity index (χ1) is 17.0. The van der Waals surface area contributed by atoms with Gasteiger partial charge < -0.3 is 19.6 Å². The average molecular weight is 478 g/mol. The highest BCUT2D eigenvalue weighted by atomic mass is 19.1. The summed E-state index contributed by atoms with van der Waals surface area (Å²) in [7, 11) is 0. The Morgan fingerprint density at radius 2 is 1.86 bits per heavy atom. The molecule has 0 bridgehead atoms. The van der Waals surface area contributed by atoms with Crippen LogP contribution in [0.15, 0.2) is 47.3 Å². The molecule has 0 aliphatic carbocycles. The van der Waals surface area contributed by atoms with E-state index in [9.17, 15) is 14.3 Å². The maximum absolute atomic E-state index is 13.4. The van der Waals surface area contributed by atoms with Crippen LogP contribution in [0.25, 0.3) is 10.9 Å². The van der Waals surface area contributed by atoms with E-state index in [2.05, 4.69) is 25.4 Å². The molecule has 10 nitrogen and oxygen atoms in total. The van der Waals surface area contributed by atoms with Crippen LogP contribution in [0.5, 0.6) is 11.5 Å². The van der Waals surface area contributed by atoms with Crippen LogP contribution >= 0.6 is 0 Å². The molecule has 0 saturated carbocycles. The van der Waals surface area contributed by atoms with Crippen molar-refractivity contribution in [2.24, 2.45) is 0 Å². The minimum absolute atomic E-state index is 0.139. The molecule has 2 aliphatic heterocycles. The fourth-order valence-corrected chi connectivity index (χ4v) is 4.74. The number of aliphatic hydroxyl groups excluding tert-OH is 1. The zero-order chi connectivity index (χ0) is 23.9. The highest BCUT2D eigenvalue weighted by molar-refractivity contribution is 5.83. The smallest absolute Gasteiger partial charge is 0.253 e. The van der Waals surface area contributed by atoms with Gasteiger partial charge in [-0.25, -0.2) is 9.07 Å². The number of likely N-dealkylation sites (tertiary alicyclic amines) is 1. The third kappa shape index (κ3) is 4.13. The van der Waals surface area contributed by atoms with Crippen molar-refractivity contribution in [2.45, 2.75) is 31.5 Å². The second-order valence-electron chi connectivity index (χ2n) is 8.84. The maximum Gasteiger partial charge on any atom is 0.253 e. The van der Waals surface area contributed by atoms with Gasteiger partial charge in [0.25, 0.3) is 5.56 Å². The van der Waals surface area contributed by atoms with Crippen LogP contribution in [0.3, 0.4) is 0 Å². The van der Waals surface area contributed by atoms with Crippen molar-refractivity contribution < 1.29 is 19.0 Å². The van der Waals surface area contributed by atoms with Gasteiger partial charge in [-0.3, -0.25) is 9.69 Å². The fourth-order valence-electron chi connectivity index (χ4n) is 4.74. The second kappa shape index (κ2) is 8.75. The number of aromatic nitrogens is 5. The molecule has 2 aromatic carbocycles. The zero-order valence-electron chi connectivity index (χ0n) is 18.7. The standard InChI is InChI=1S/C24H23FN6O4/c25-16-3-1-14(2-4-16)12-31-23(27-28-29-31)22(30-7-5-17(32)6-8-30)18-9-15-10-20-21(35-13-34-20)11-19(15)26-24(18)33/h1-4,9-11,17,22,32H,5-8,12-13H2,(H,26,33)/t22-/m1/s1. The molecule has 4 heterocycles. The lowest BCUT2D eigenvalue weighted by atomic mass is 9.99. The summed E-state index contributed by atoms with van der Waals surface area (Å²) < 4.78 is 26.0. The highest BCUT2D eigenvalue weighted by Gasteiger charge is 2.33. The number of nitrogens with zero attached hydrogens (tertiary/aromatic N) is 5. The molecule has 0 spiro atoms. The van der Waals surface area contributed by atoms with Gasteiger partial charge in [0.05, 0.1) is 18.2 Å². The lowest BCUT2D eigenvalue weighted by Gasteiger charge is -2.35. The van der Waals surface area contributed by atoms with E-state index in [-0.39, 0.29) is 24.3 Å². The van der Waals surface area contributed by atoms with Gasteiger partial charge in [0, 0.05) is 30.1 Å². The number of aliphatic hydroxyl groups is 1. The van der Waals surface area contributed by atoms with Crippen LogP contribution in [0.1, 0.15) is 35.8 Å². The number of hydrogen-bond donors (Lipinski definition) is 2. The van der Waals surface area contributed by atoms with Gasteiger partial charge >= 0.3 is 0 Å². The number of nitrogens with one attached hydrogen (secondary N) is 1. The number of piperidine rings is 1. The maximum atomic E-state index is 13.4. The molecule has 0 unspecified atom stereocenters. The lowest BCUT2D eigenvalue weighted by molar-refractivity contribution is 0.0659. The highest BCUT2D eigenvalue weighted by Crippen LogP contribution is 2.36. The normalized spacial score (nSPS) is 17.2. The van der Waals surface area contributed by atoms with E-state index in [0.717, 1.165) is 10.9 Å². The van der Waals surface area contributed by atoms with Crippen LogP contribution in [-0.4, -0.2) is 61.2 Å². The predicted octanol–water partition coefficient (Wildman–Crippen LogP) is 1.98. The number of halogens is 1. The first-order valence-electron chi connectivity index (χ1n) is 11.4. The van der Waals surface area contributed by atoms with E-state index in [1.807, 2.05) is 12.1 Å². The van der Waals surface area contributed by atoms with Gasteiger partial charge in [-0.15, -0.1) is 5.10 Å². The number of pyridine rings is 1. The molecule has 2 aliphatic rings. The van der Waals surface area contributed by atoms with E-state index < -0.39 is 6.04 Å². The molecule has 1 fully saturated rings. The predicted molar refractivity (Wildman–Crippen MR) is 123 cm³/mol. The van der Waals surface area contributed by atoms with Crippen molar-refractivity contribution in [1.82, 2.24) is 30.1 Å². The third-order valence-electron chi connectivity index (χ3n) is 6.57. The second-order valence-corrected chi connectivity index (χ2v) is 8.84. The number of tetrazole rings is 1. The topological polar surface area (TPSA) is 118 Å². The summed E-state index contributed by atoms with van der Waals surface area (Å²) >= 11 is 0. The Labute approximate surface area is 198 Å². The van der Waals surface area contributed by atoms with Gasteiger partial charge in [0.2, 0.25) is 6.79 Å². The Morgan fingerprint density at radius 1 is 1.11 bits per heavy atom. The van der Waals surface area contributed by atoms with E-state index >= 15 is 0 Å². The first kappa shape index (κ1) is 21.7. The number of fused-ring (bicyclic) bond motifs is 2. The quantitative estimate of drug-likeness (QED) is 0.447. The summed E-state index contributed by atoms with van der Waals surface area (Å²) in [5, 5.41) is 23.2. The van der Waals surface area contributed by atoms with Gasteiger partial charge in [-0.2, -0.15) is 0 Å². The molecular weight excluding hydrogens is 455 g/mol. The number of benzene rings is 2. The van der Waals surface area contributed by atoms with Gasteiger partial charge in [-0.1, -0.05) is 12.1 Å². The minimum atomic E-state index is -0.545. The molecule has 1 saturated heterocycles. The largest absolute Gasteiger partial charge is 0.454 e. The van der Waals surface area contributed by atoms with Crippen molar-refractivity contribution in [1.29, 1.82) is 0 Å². The first-order valence-corrected chi connectivity index (χ1v) is 11.4. The Hall–Kier alpha value is -3.83. The SMILES string of the molecule is O=c1[nH]c2cc3c(cc2cc1[C@H](c1nnnn1Cc1ccc(F)cc1)N1CCC(O)CC1)OCO3. The Kier molecular flexibility index (Phi) is 5.42. The van der Waals surface area contributed by atoms with E-state index in [1.165, 1.54) is 12.1 Å². The summed E-state index contributed by atoms with van der Waals surface area (Å²) in [5.74, 6) is 1.38. The van der Waals surface area contributed by atoms with E-state index in [1.54, 1.807) is 22.9 Å². The van der Waals surface area contributed by atoms with Crippen molar-refractivity contribution >= 4 is 10.9 Å². The molecule has 2 N–H and O–H groups in total. The summed E-state index contributed by atoms with van der Waals surface area (Å²) in [6.07, 6.45) is 0.789. The molecule has 35 heavy (non-hydrogen) atoms. The number of hydrogen-bond acceptors (Lipinski definition) is 8. The molecule has 180 valence electrons. The van der Waals surface area contributed by atoms with Crippen molar-refractivity contribution in [3.05, 3.63) is 75.6 Å². The average Bonchev–Trinajstić information content (AvgIpc) is 3.50. The zero-order valence-corrected chi connectivity index (χ0v) is 18.7. The number of H-pyrrole nitrogens is 1. The minimum Gasteiger partial charge on any atom is -0.454 e. The lowest BCUT2D eigenvalue weighted by Crippen LogP contribution is -2.41. The van der Waals surface area contributed by atoms with E-state index in [4.69, 9.17) is 9.47 Å². The van der Waals surface area contributed by atoms with E-state index in [0.29, 0.717) is 60.9 Å². The van der Waals surface area contributed by atoms with Gasteiger partial charge in [-0.05, 0) is 53.1 Å².